The highest BCUT2D eigenvalue weighted by atomic mass is 16.3. The second-order valence-electron chi connectivity index (χ2n) is 6.24. The van der Waals surface area contributed by atoms with E-state index in [1.165, 1.54) is 5.69 Å². The molecule has 2 aliphatic rings. The molecular weight excluding hydrogens is 278 g/mol. The monoisotopic (exact) mass is 301 g/mol. The molecule has 3 N–H and O–H groups in total. The lowest BCUT2D eigenvalue weighted by Gasteiger charge is -2.18. The van der Waals surface area contributed by atoms with Gasteiger partial charge in [0.2, 0.25) is 0 Å². The number of carbonyl (C=O) groups is 1. The molecule has 0 radical (unpaired) electrons. The second kappa shape index (κ2) is 6.40. The van der Waals surface area contributed by atoms with E-state index in [4.69, 9.17) is 0 Å². The third-order valence-electron chi connectivity index (χ3n) is 4.49. The van der Waals surface area contributed by atoms with Crippen LogP contribution in [0, 0.1) is 5.41 Å². The number of nitrogens with zero attached hydrogens (tertiary/aromatic N) is 1. The number of aliphatic hydroxyl groups excluding tert-OH is 1. The molecule has 1 heterocycles. The number of urea groups is 1. The Morgan fingerprint density at radius 1 is 1.14 bits per heavy atom. The van der Waals surface area contributed by atoms with E-state index in [2.05, 4.69) is 39.8 Å². The van der Waals surface area contributed by atoms with Crippen LogP contribution in [0.1, 0.15) is 18.4 Å². The Hall–Kier alpha value is -2.01. The Morgan fingerprint density at radius 2 is 1.82 bits per heavy atom. The zero-order chi connectivity index (χ0) is 15.4. The van der Waals surface area contributed by atoms with Gasteiger partial charge in [0.25, 0.3) is 0 Å². The molecule has 0 saturated heterocycles. The zero-order valence-electron chi connectivity index (χ0n) is 12.7. The molecule has 3 rings (SSSR count). The Kier molecular flexibility index (Phi) is 4.34. The summed E-state index contributed by atoms with van der Waals surface area (Å²) in [4.78, 5) is 14.0. The number of nitrogens with one attached hydrogen (secondary N) is 2. The maximum Gasteiger partial charge on any atom is 0.315 e. The van der Waals surface area contributed by atoms with Crippen LogP contribution >= 0.6 is 0 Å². The van der Waals surface area contributed by atoms with Crippen molar-refractivity contribution in [3.8, 4) is 0 Å². The minimum absolute atomic E-state index is 0.0528. The van der Waals surface area contributed by atoms with E-state index < -0.39 is 0 Å². The van der Waals surface area contributed by atoms with Crippen molar-refractivity contribution in [1.82, 2.24) is 10.6 Å². The molecule has 22 heavy (non-hydrogen) atoms. The van der Waals surface area contributed by atoms with Crippen LogP contribution in [0.15, 0.2) is 36.4 Å². The summed E-state index contributed by atoms with van der Waals surface area (Å²) in [5, 5.41) is 14.9. The van der Waals surface area contributed by atoms with Gasteiger partial charge in [-0.25, -0.2) is 4.79 Å². The third-order valence-corrected chi connectivity index (χ3v) is 4.49. The number of benzene rings is 1. The van der Waals surface area contributed by atoms with Gasteiger partial charge in [-0.3, -0.25) is 0 Å². The van der Waals surface area contributed by atoms with Crippen LogP contribution in [-0.4, -0.2) is 37.4 Å². The van der Waals surface area contributed by atoms with Gasteiger partial charge in [-0.1, -0.05) is 24.3 Å². The predicted octanol–water partition coefficient (Wildman–Crippen LogP) is 1.63. The summed E-state index contributed by atoms with van der Waals surface area (Å²) >= 11 is 0. The first-order valence-electron chi connectivity index (χ1n) is 7.82. The quantitative estimate of drug-likeness (QED) is 0.700. The van der Waals surface area contributed by atoms with E-state index in [0.29, 0.717) is 13.1 Å². The lowest BCUT2D eigenvalue weighted by atomic mass is 10.1. The minimum atomic E-state index is -0.174. The van der Waals surface area contributed by atoms with Crippen LogP contribution in [-0.2, 0) is 6.54 Å². The van der Waals surface area contributed by atoms with Crippen LogP contribution in [0.4, 0.5) is 10.5 Å². The van der Waals surface area contributed by atoms with Crippen LogP contribution in [0.3, 0.4) is 0 Å². The molecule has 0 unspecified atom stereocenters. The summed E-state index contributed by atoms with van der Waals surface area (Å²) in [7, 11) is 0. The van der Waals surface area contributed by atoms with E-state index >= 15 is 0 Å². The SMILES string of the molecule is O=C(NCc1ccc(N2CC=CC2)cc1)NCC1(CO)CC1. The van der Waals surface area contributed by atoms with Crippen molar-refractivity contribution in [2.75, 3.05) is 31.1 Å². The molecule has 2 amide bonds. The van der Waals surface area contributed by atoms with Crippen molar-refractivity contribution < 1.29 is 9.90 Å². The molecule has 1 saturated carbocycles. The number of hydrogen-bond acceptors (Lipinski definition) is 3. The standard InChI is InChI=1S/C17H23N3O2/c21-13-17(7-8-17)12-19-16(22)18-11-14-3-5-15(6-4-14)20-9-1-2-10-20/h1-6,21H,7-13H2,(H2,18,19,22). The molecule has 0 spiro atoms. The van der Waals surface area contributed by atoms with Crippen molar-refractivity contribution in [3.63, 3.8) is 0 Å². The second-order valence-corrected chi connectivity index (χ2v) is 6.24. The number of anilines is 1. The Bertz CT molecular complexity index is 542. The van der Waals surface area contributed by atoms with E-state index in [9.17, 15) is 9.90 Å². The van der Waals surface area contributed by atoms with Gasteiger partial charge in [-0.15, -0.1) is 0 Å². The zero-order valence-corrected chi connectivity index (χ0v) is 12.7. The first-order valence-corrected chi connectivity index (χ1v) is 7.82. The Balaban J connectivity index is 1.42. The van der Waals surface area contributed by atoms with Crippen LogP contribution < -0.4 is 15.5 Å². The van der Waals surface area contributed by atoms with Gasteiger partial charge >= 0.3 is 6.03 Å². The average Bonchev–Trinajstić information content (AvgIpc) is 3.14. The van der Waals surface area contributed by atoms with Crippen LogP contribution in [0.2, 0.25) is 0 Å². The predicted molar refractivity (Wildman–Crippen MR) is 86.8 cm³/mol. The first kappa shape index (κ1) is 14.9. The fraction of sp³-hybridized carbons (Fsp3) is 0.471. The molecular formula is C17H23N3O2. The minimum Gasteiger partial charge on any atom is -0.396 e. The van der Waals surface area contributed by atoms with Crippen LogP contribution in [0.5, 0.6) is 0 Å². The van der Waals surface area contributed by atoms with Crippen LogP contribution in [0.25, 0.3) is 0 Å². The highest BCUT2D eigenvalue weighted by Crippen LogP contribution is 2.44. The lowest BCUT2D eigenvalue weighted by molar-refractivity contribution is 0.203. The average molecular weight is 301 g/mol. The van der Waals surface area contributed by atoms with Crippen molar-refractivity contribution in [3.05, 3.63) is 42.0 Å². The van der Waals surface area contributed by atoms with Gasteiger partial charge in [0, 0.05) is 37.3 Å². The summed E-state index contributed by atoms with van der Waals surface area (Å²) < 4.78 is 0. The topological polar surface area (TPSA) is 64.6 Å². The summed E-state index contributed by atoms with van der Waals surface area (Å²) in [5.41, 5.74) is 2.23. The van der Waals surface area contributed by atoms with Gasteiger partial charge in [0.1, 0.15) is 0 Å². The van der Waals surface area contributed by atoms with Crippen molar-refractivity contribution >= 4 is 11.7 Å². The van der Waals surface area contributed by atoms with Gasteiger partial charge in [-0.2, -0.15) is 0 Å². The Morgan fingerprint density at radius 3 is 2.41 bits per heavy atom. The molecule has 0 aromatic heterocycles. The molecule has 118 valence electrons. The summed E-state index contributed by atoms with van der Waals surface area (Å²) in [5.74, 6) is 0. The number of rotatable bonds is 6. The molecule has 1 aliphatic carbocycles. The summed E-state index contributed by atoms with van der Waals surface area (Å²) in [6.45, 7) is 3.14. The highest BCUT2D eigenvalue weighted by molar-refractivity contribution is 5.73. The molecule has 5 heteroatoms. The molecule has 1 fully saturated rings. The molecule has 1 aromatic rings. The smallest absolute Gasteiger partial charge is 0.315 e. The van der Waals surface area contributed by atoms with Crippen molar-refractivity contribution in [1.29, 1.82) is 0 Å². The van der Waals surface area contributed by atoms with Gasteiger partial charge in [0.05, 0.1) is 6.61 Å². The number of hydrogen-bond donors (Lipinski definition) is 3. The van der Waals surface area contributed by atoms with Crippen molar-refractivity contribution in [2.45, 2.75) is 19.4 Å². The largest absolute Gasteiger partial charge is 0.396 e. The summed E-state index contributed by atoms with van der Waals surface area (Å²) in [6, 6.07) is 8.10. The van der Waals surface area contributed by atoms with Crippen molar-refractivity contribution in [2.24, 2.45) is 5.41 Å². The number of aliphatic hydroxyl groups is 1. The number of amides is 2. The van der Waals surface area contributed by atoms with E-state index in [-0.39, 0.29) is 18.1 Å². The van der Waals surface area contributed by atoms with Gasteiger partial charge in [-0.05, 0) is 30.5 Å². The third kappa shape index (κ3) is 3.60. The molecule has 5 nitrogen and oxygen atoms in total. The summed E-state index contributed by atoms with van der Waals surface area (Å²) in [6.07, 6.45) is 6.32. The highest BCUT2D eigenvalue weighted by Gasteiger charge is 2.42. The van der Waals surface area contributed by atoms with Gasteiger partial charge < -0.3 is 20.6 Å². The van der Waals surface area contributed by atoms with E-state index in [1.54, 1.807) is 0 Å². The fourth-order valence-electron chi connectivity index (χ4n) is 2.59. The van der Waals surface area contributed by atoms with E-state index in [1.807, 2.05) is 12.1 Å². The maximum atomic E-state index is 11.8. The van der Waals surface area contributed by atoms with Gasteiger partial charge in [0.15, 0.2) is 0 Å². The molecule has 1 aromatic carbocycles. The fourth-order valence-corrected chi connectivity index (χ4v) is 2.59. The lowest BCUT2D eigenvalue weighted by Crippen LogP contribution is -2.39. The molecule has 0 atom stereocenters. The molecule has 1 aliphatic heterocycles. The Labute approximate surface area is 131 Å². The molecule has 0 bridgehead atoms. The normalized spacial score (nSPS) is 18.3. The number of carbonyl (C=O) groups excluding carboxylic acids is 1. The first-order chi connectivity index (χ1) is 10.7. The maximum absolute atomic E-state index is 11.8. The van der Waals surface area contributed by atoms with E-state index in [0.717, 1.165) is 31.5 Å².